The summed E-state index contributed by atoms with van der Waals surface area (Å²) in [5, 5.41) is 0. The highest BCUT2D eigenvalue weighted by atomic mass is 19.2. The number of halogens is 3. The van der Waals surface area contributed by atoms with Crippen LogP contribution in [0.25, 0.3) is 5.57 Å². The van der Waals surface area contributed by atoms with Gasteiger partial charge in [-0.3, -0.25) is 0 Å². The lowest BCUT2D eigenvalue weighted by Gasteiger charge is -2.40. The molecule has 0 spiro atoms. The van der Waals surface area contributed by atoms with E-state index in [0.29, 0.717) is 17.6 Å². The topological polar surface area (TPSA) is 9.23 Å². The third-order valence-electron chi connectivity index (χ3n) is 7.80. The van der Waals surface area contributed by atoms with Crippen molar-refractivity contribution in [1.82, 2.24) is 0 Å². The highest BCUT2D eigenvalue weighted by Gasteiger charge is 2.34. The van der Waals surface area contributed by atoms with E-state index in [9.17, 15) is 13.2 Å². The lowest BCUT2D eigenvalue weighted by molar-refractivity contribution is -0.0603. The Bertz CT molecular complexity index is 705. The van der Waals surface area contributed by atoms with Gasteiger partial charge in [0.1, 0.15) is 0 Å². The van der Waals surface area contributed by atoms with E-state index in [1.807, 2.05) is 13.8 Å². The Kier molecular flexibility index (Phi) is 9.06. The number of ether oxygens (including phenoxy) is 1. The summed E-state index contributed by atoms with van der Waals surface area (Å²) in [5.74, 6) is -0.692. The van der Waals surface area contributed by atoms with Gasteiger partial charge in [-0.15, -0.1) is 0 Å². The molecular weight excluding hydrogens is 397 g/mol. The van der Waals surface area contributed by atoms with E-state index in [-0.39, 0.29) is 0 Å². The van der Waals surface area contributed by atoms with Crippen LogP contribution < -0.4 is 0 Å². The summed E-state index contributed by atoms with van der Waals surface area (Å²) >= 11 is 0. The van der Waals surface area contributed by atoms with Crippen LogP contribution in [0.3, 0.4) is 0 Å². The van der Waals surface area contributed by atoms with Gasteiger partial charge in [0.25, 0.3) is 0 Å². The summed E-state index contributed by atoms with van der Waals surface area (Å²) in [4.78, 5) is 0. The zero-order valence-corrected chi connectivity index (χ0v) is 19.4. The maximum Gasteiger partial charge on any atom is 0.194 e. The molecule has 174 valence electrons. The van der Waals surface area contributed by atoms with Crippen molar-refractivity contribution in [1.29, 1.82) is 0 Å². The minimum absolute atomic E-state index is 0.472. The van der Waals surface area contributed by atoms with Gasteiger partial charge < -0.3 is 4.74 Å². The van der Waals surface area contributed by atoms with Crippen LogP contribution in [0.15, 0.2) is 18.2 Å². The second-order valence-electron chi connectivity index (χ2n) is 9.42. The Balaban J connectivity index is 0.00000132. The number of hydrogen-bond donors (Lipinski definition) is 0. The van der Waals surface area contributed by atoms with Crippen LogP contribution >= 0.6 is 0 Å². The molecule has 4 rings (SSSR count). The molecule has 1 nitrogen and oxygen atoms in total. The number of benzene rings is 1. The molecule has 1 aromatic carbocycles. The minimum Gasteiger partial charge on any atom is -0.378 e. The standard InChI is InChI=1S/C25H33F3O.C2H6/c1-2-16-3-12-24(29-15-16)20-10-8-18(9-11-20)17-4-6-19(7-5-17)21-13-22(26)25(28)23(27)14-21;1-2/h6,13-14,16-18,20,24H,2-5,7-12,15H2,1H3;1-2H3. The lowest BCUT2D eigenvalue weighted by Crippen LogP contribution is -2.35. The molecule has 0 amide bonds. The second kappa shape index (κ2) is 11.5. The Morgan fingerprint density at radius 1 is 0.839 bits per heavy atom. The molecule has 3 atom stereocenters. The van der Waals surface area contributed by atoms with Crippen molar-refractivity contribution in [3.8, 4) is 0 Å². The second-order valence-corrected chi connectivity index (χ2v) is 9.42. The number of rotatable bonds is 4. The molecule has 0 radical (unpaired) electrons. The molecule has 1 heterocycles. The van der Waals surface area contributed by atoms with Gasteiger partial charge in [0.2, 0.25) is 0 Å². The minimum atomic E-state index is -1.38. The highest BCUT2D eigenvalue weighted by molar-refractivity contribution is 5.66. The molecule has 31 heavy (non-hydrogen) atoms. The van der Waals surface area contributed by atoms with Crippen LogP contribution in [0.4, 0.5) is 13.2 Å². The molecule has 3 unspecified atom stereocenters. The first kappa shape index (κ1) is 24.4. The van der Waals surface area contributed by atoms with Crippen LogP contribution in [-0.4, -0.2) is 12.7 Å². The van der Waals surface area contributed by atoms with E-state index in [4.69, 9.17) is 4.74 Å². The van der Waals surface area contributed by atoms with Gasteiger partial charge in [-0.1, -0.05) is 33.3 Å². The van der Waals surface area contributed by atoms with Crippen LogP contribution in [0.1, 0.15) is 90.5 Å². The molecule has 0 aromatic heterocycles. The molecule has 0 bridgehead atoms. The smallest absolute Gasteiger partial charge is 0.194 e. The summed E-state index contributed by atoms with van der Waals surface area (Å²) in [7, 11) is 0. The Labute approximate surface area is 186 Å². The molecular formula is C27H39F3O. The molecule has 1 saturated heterocycles. The average Bonchev–Trinajstić information content (AvgIpc) is 2.84. The summed E-state index contributed by atoms with van der Waals surface area (Å²) in [6.45, 7) is 7.20. The molecule has 4 heteroatoms. The predicted molar refractivity (Wildman–Crippen MR) is 121 cm³/mol. The van der Waals surface area contributed by atoms with Crippen molar-refractivity contribution in [2.75, 3.05) is 6.61 Å². The van der Waals surface area contributed by atoms with Crippen LogP contribution in [-0.2, 0) is 4.74 Å². The van der Waals surface area contributed by atoms with Crippen LogP contribution in [0.5, 0.6) is 0 Å². The van der Waals surface area contributed by atoms with Crippen molar-refractivity contribution >= 4 is 5.57 Å². The molecule has 0 N–H and O–H groups in total. The van der Waals surface area contributed by atoms with Gasteiger partial charge in [0.15, 0.2) is 17.5 Å². The van der Waals surface area contributed by atoms with Crippen LogP contribution in [0, 0.1) is 41.1 Å². The largest absolute Gasteiger partial charge is 0.378 e. The molecule has 3 aliphatic rings. The Morgan fingerprint density at radius 3 is 2.00 bits per heavy atom. The summed E-state index contributed by atoms with van der Waals surface area (Å²) in [5.41, 5.74) is 1.44. The van der Waals surface area contributed by atoms with E-state index in [0.717, 1.165) is 61.3 Å². The van der Waals surface area contributed by atoms with Gasteiger partial charge in [-0.05, 0) is 105 Å². The van der Waals surface area contributed by atoms with Gasteiger partial charge in [-0.25, -0.2) is 13.2 Å². The SMILES string of the molecule is CC.CCC1CCC(C2CCC(C3CC=C(c4cc(F)c(F)c(F)c4)CC3)CC2)OC1. The number of hydrogen-bond acceptors (Lipinski definition) is 1. The summed E-state index contributed by atoms with van der Waals surface area (Å²) in [6, 6.07) is 2.26. The molecule has 1 aromatic rings. The Hall–Kier alpha value is -1.29. The van der Waals surface area contributed by atoms with Crippen molar-refractivity contribution < 1.29 is 17.9 Å². The number of allylic oxidation sites excluding steroid dienone is 2. The first-order valence-corrected chi connectivity index (χ1v) is 12.5. The van der Waals surface area contributed by atoms with Crippen LogP contribution in [0.2, 0.25) is 0 Å². The lowest BCUT2D eigenvalue weighted by atomic mass is 9.69. The van der Waals surface area contributed by atoms with E-state index < -0.39 is 17.5 Å². The molecule has 2 aliphatic carbocycles. The molecule has 1 saturated carbocycles. The highest BCUT2D eigenvalue weighted by Crippen LogP contribution is 2.43. The van der Waals surface area contributed by atoms with Crippen molar-refractivity contribution in [3.63, 3.8) is 0 Å². The van der Waals surface area contributed by atoms with E-state index in [1.165, 1.54) is 44.9 Å². The fourth-order valence-corrected chi connectivity index (χ4v) is 5.79. The zero-order valence-electron chi connectivity index (χ0n) is 19.4. The monoisotopic (exact) mass is 436 g/mol. The maximum atomic E-state index is 13.5. The third kappa shape index (κ3) is 5.94. The normalized spacial score (nSPS) is 31.4. The van der Waals surface area contributed by atoms with Gasteiger partial charge in [0.05, 0.1) is 6.10 Å². The zero-order chi connectivity index (χ0) is 22.4. The first-order chi connectivity index (χ1) is 15.0. The quantitative estimate of drug-likeness (QED) is 0.431. The van der Waals surface area contributed by atoms with Gasteiger partial charge in [-0.2, -0.15) is 0 Å². The van der Waals surface area contributed by atoms with Crippen molar-refractivity contribution in [2.24, 2.45) is 23.7 Å². The average molecular weight is 437 g/mol. The van der Waals surface area contributed by atoms with E-state index in [1.54, 1.807) is 0 Å². The van der Waals surface area contributed by atoms with Gasteiger partial charge in [0, 0.05) is 6.61 Å². The summed E-state index contributed by atoms with van der Waals surface area (Å²) in [6.07, 6.45) is 14.3. The molecule has 1 aliphatic heterocycles. The first-order valence-electron chi connectivity index (χ1n) is 12.5. The fraction of sp³-hybridized carbons (Fsp3) is 0.704. The fourth-order valence-electron chi connectivity index (χ4n) is 5.79. The molecule has 2 fully saturated rings. The van der Waals surface area contributed by atoms with Crippen molar-refractivity contribution in [3.05, 3.63) is 41.2 Å². The van der Waals surface area contributed by atoms with E-state index >= 15 is 0 Å². The maximum absolute atomic E-state index is 13.5. The van der Waals surface area contributed by atoms with E-state index in [2.05, 4.69) is 13.0 Å². The predicted octanol–water partition coefficient (Wildman–Crippen LogP) is 8.33. The third-order valence-corrected chi connectivity index (χ3v) is 7.80. The Morgan fingerprint density at radius 2 is 1.48 bits per heavy atom. The summed E-state index contributed by atoms with van der Waals surface area (Å²) < 4.78 is 46.5. The van der Waals surface area contributed by atoms with Gasteiger partial charge >= 0.3 is 0 Å². The van der Waals surface area contributed by atoms with Crippen molar-refractivity contribution in [2.45, 2.75) is 91.1 Å².